The van der Waals surface area contributed by atoms with E-state index in [4.69, 9.17) is 4.74 Å². The van der Waals surface area contributed by atoms with Gasteiger partial charge in [-0.1, -0.05) is 64.8 Å². The van der Waals surface area contributed by atoms with Crippen molar-refractivity contribution in [3.8, 4) is 6.07 Å². The van der Waals surface area contributed by atoms with Crippen molar-refractivity contribution in [1.29, 1.82) is 5.26 Å². The predicted octanol–water partition coefficient (Wildman–Crippen LogP) is 3.87. The molecule has 0 aliphatic carbocycles. The molecule has 0 heterocycles. The Morgan fingerprint density at radius 3 is 2.43 bits per heavy atom. The van der Waals surface area contributed by atoms with Gasteiger partial charge in [-0.3, -0.25) is 4.79 Å². The Balaban J connectivity index is 2.53. The number of ether oxygens (including phenoxy) is 1. The van der Waals surface area contributed by atoms with E-state index in [0.29, 0.717) is 6.61 Å². The third-order valence-electron chi connectivity index (χ3n) is 3.67. The van der Waals surface area contributed by atoms with Crippen LogP contribution in [0.4, 0.5) is 0 Å². The molecule has 23 heavy (non-hydrogen) atoms. The maximum Gasteiger partial charge on any atom is 0.247 e. The largest absolute Gasteiger partial charge is 0.372 e. The summed E-state index contributed by atoms with van der Waals surface area (Å²) in [6, 6.07) is 9.30. The molecule has 0 spiro atoms. The molecule has 0 saturated heterocycles. The molecule has 1 rings (SSSR count). The zero-order valence-corrected chi connectivity index (χ0v) is 14.7. The monoisotopic (exact) mass is 316 g/mol. The van der Waals surface area contributed by atoms with Crippen molar-refractivity contribution in [2.75, 3.05) is 13.2 Å². The third-order valence-corrected chi connectivity index (χ3v) is 3.67. The van der Waals surface area contributed by atoms with Gasteiger partial charge in [0.2, 0.25) is 5.91 Å². The first-order chi connectivity index (χ1) is 10.9. The molecule has 4 nitrogen and oxygen atoms in total. The van der Waals surface area contributed by atoms with Crippen LogP contribution in [0.5, 0.6) is 0 Å². The number of nitriles is 1. The Labute approximate surface area is 139 Å². The lowest BCUT2D eigenvalue weighted by atomic mass is 9.86. The van der Waals surface area contributed by atoms with Gasteiger partial charge in [0, 0.05) is 6.61 Å². The first kappa shape index (κ1) is 19.2. The Morgan fingerprint density at radius 1 is 1.26 bits per heavy atom. The van der Waals surface area contributed by atoms with Crippen molar-refractivity contribution >= 4 is 5.91 Å². The number of rotatable bonds is 8. The highest BCUT2D eigenvalue weighted by Gasteiger charge is 2.17. The Bertz CT molecular complexity index is 524. The number of amides is 1. The van der Waals surface area contributed by atoms with Gasteiger partial charge in [-0.05, 0) is 23.0 Å². The fourth-order valence-electron chi connectivity index (χ4n) is 2.19. The molecular formula is C19H28N2O2. The van der Waals surface area contributed by atoms with E-state index >= 15 is 0 Å². The zero-order valence-electron chi connectivity index (χ0n) is 14.7. The standard InChI is InChI=1S/C19H28N2O2/c1-5-6-7-12-23-14-18(22)21-17(13-20)15-8-10-16(11-9-15)19(2,3)4/h8-11,17H,5-7,12,14H2,1-4H3,(H,21,22). The minimum Gasteiger partial charge on any atom is -0.372 e. The van der Waals surface area contributed by atoms with Crippen LogP contribution in [0.15, 0.2) is 24.3 Å². The SMILES string of the molecule is CCCCCOCC(=O)NC(C#N)c1ccc(C(C)(C)C)cc1. The van der Waals surface area contributed by atoms with E-state index in [-0.39, 0.29) is 17.9 Å². The van der Waals surface area contributed by atoms with Crippen LogP contribution in [0.25, 0.3) is 0 Å². The molecular weight excluding hydrogens is 288 g/mol. The number of nitrogens with zero attached hydrogens (tertiary/aromatic N) is 1. The highest BCUT2D eigenvalue weighted by atomic mass is 16.5. The van der Waals surface area contributed by atoms with Crippen molar-refractivity contribution in [2.24, 2.45) is 0 Å². The number of hydrogen-bond donors (Lipinski definition) is 1. The molecule has 1 aromatic carbocycles. The van der Waals surface area contributed by atoms with E-state index in [2.05, 4.69) is 39.1 Å². The highest BCUT2D eigenvalue weighted by Crippen LogP contribution is 2.23. The Morgan fingerprint density at radius 2 is 1.91 bits per heavy atom. The number of carbonyl (C=O) groups is 1. The number of benzene rings is 1. The van der Waals surface area contributed by atoms with Gasteiger partial charge in [0.1, 0.15) is 12.6 Å². The van der Waals surface area contributed by atoms with Crippen LogP contribution in [0.3, 0.4) is 0 Å². The quantitative estimate of drug-likeness (QED) is 0.740. The van der Waals surface area contributed by atoms with Crippen molar-refractivity contribution in [3.63, 3.8) is 0 Å². The molecule has 0 fully saturated rings. The first-order valence-corrected chi connectivity index (χ1v) is 8.25. The highest BCUT2D eigenvalue weighted by molar-refractivity contribution is 5.78. The van der Waals surface area contributed by atoms with Gasteiger partial charge < -0.3 is 10.1 Å². The van der Waals surface area contributed by atoms with E-state index in [1.54, 1.807) is 0 Å². The smallest absolute Gasteiger partial charge is 0.247 e. The lowest BCUT2D eigenvalue weighted by molar-refractivity contribution is -0.126. The second-order valence-electron chi connectivity index (χ2n) is 6.76. The van der Waals surface area contributed by atoms with Crippen LogP contribution in [0.2, 0.25) is 0 Å². The van der Waals surface area contributed by atoms with Crippen molar-refractivity contribution < 1.29 is 9.53 Å². The first-order valence-electron chi connectivity index (χ1n) is 8.25. The fraction of sp³-hybridized carbons (Fsp3) is 0.579. The second kappa shape index (κ2) is 9.32. The van der Waals surface area contributed by atoms with E-state index in [9.17, 15) is 10.1 Å². The summed E-state index contributed by atoms with van der Waals surface area (Å²) >= 11 is 0. The van der Waals surface area contributed by atoms with Crippen LogP contribution >= 0.6 is 0 Å². The molecule has 0 bridgehead atoms. The zero-order chi connectivity index (χ0) is 17.3. The Hall–Kier alpha value is -1.86. The molecule has 0 radical (unpaired) electrons. The molecule has 1 unspecified atom stereocenters. The maximum atomic E-state index is 11.9. The summed E-state index contributed by atoms with van der Waals surface area (Å²) < 4.78 is 5.32. The maximum absolute atomic E-state index is 11.9. The molecule has 0 aliphatic rings. The van der Waals surface area contributed by atoms with Gasteiger partial charge in [0.25, 0.3) is 0 Å². The molecule has 1 atom stereocenters. The summed E-state index contributed by atoms with van der Waals surface area (Å²) in [5.74, 6) is -0.257. The van der Waals surface area contributed by atoms with Crippen LogP contribution in [-0.4, -0.2) is 19.1 Å². The molecule has 0 aliphatic heterocycles. The van der Waals surface area contributed by atoms with Crippen LogP contribution in [0.1, 0.15) is 64.1 Å². The molecule has 1 aromatic rings. The number of hydrogen-bond acceptors (Lipinski definition) is 3. The Kier molecular flexibility index (Phi) is 7.77. The third kappa shape index (κ3) is 6.83. The average molecular weight is 316 g/mol. The van der Waals surface area contributed by atoms with Crippen LogP contribution in [-0.2, 0) is 14.9 Å². The van der Waals surface area contributed by atoms with E-state index in [1.165, 1.54) is 5.56 Å². The molecule has 1 amide bonds. The summed E-state index contributed by atoms with van der Waals surface area (Å²) in [6.07, 6.45) is 3.18. The predicted molar refractivity (Wildman–Crippen MR) is 92.0 cm³/mol. The van der Waals surface area contributed by atoms with E-state index < -0.39 is 6.04 Å². The second-order valence-corrected chi connectivity index (χ2v) is 6.76. The summed E-state index contributed by atoms with van der Waals surface area (Å²) in [6.45, 7) is 9.13. The minimum absolute atomic E-state index is 0.00195. The lowest BCUT2D eigenvalue weighted by Gasteiger charge is -2.20. The molecule has 4 heteroatoms. The normalized spacial score (nSPS) is 12.5. The van der Waals surface area contributed by atoms with E-state index in [1.807, 2.05) is 24.3 Å². The lowest BCUT2D eigenvalue weighted by Crippen LogP contribution is -2.31. The van der Waals surface area contributed by atoms with Gasteiger partial charge >= 0.3 is 0 Å². The summed E-state index contributed by atoms with van der Waals surface area (Å²) in [7, 11) is 0. The minimum atomic E-state index is -0.643. The fourth-order valence-corrected chi connectivity index (χ4v) is 2.19. The summed E-state index contributed by atoms with van der Waals surface area (Å²) in [5.41, 5.74) is 2.05. The van der Waals surface area contributed by atoms with Crippen molar-refractivity contribution in [2.45, 2.75) is 58.4 Å². The van der Waals surface area contributed by atoms with Gasteiger partial charge in [0.05, 0.1) is 6.07 Å². The molecule has 126 valence electrons. The van der Waals surface area contributed by atoms with Crippen molar-refractivity contribution in [1.82, 2.24) is 5.32 Å². The van der Waals surface area contributed by atoms with Gasteiger partial charge in [-0.2, -0.15) is 5.26 Å². The van der Waals surface area contributed by atoms with E-state index in [0.717, 1.165) is 24.8 Å². The molecule has 0 saturated carbocycles. The summed E-state index contributed by atoms with van der Waals surface area (Å²) in [5, 5.41) is 12.0. The van der Waals surface area contributed by atoms with Crippen molar-refractivity contribution in [3.05, 3.63) is 35.4 Å². The summed E-state index contributed by atoms with van der Waals surface area (Å²) in [4.78, 5) is 11.9. The number of nitrogens with one attached hydrogen (secondary N) is 1. The van der Waals surface area contributed by atoms with Crippen LogP contribution in [0, 0.1) is 11.3 Å². The molecule has 0 aromatic heterocycles. The van der Waals surface area contributed by atoms with Gasteiger partial charge in [-0.25, -0.2) is 0 Å². The van der Waals surface area contributed by atoms with Gasteiger partial charge in [0.15, 0.2) is 0 Å². The number of carbonyl (C=O) groups excluding carboxylic acids is 1. The topological polar surface area (TPSA) is 62.1 Å². The average Bonchev–Trinajstić information content (AvgIpc) is 2.51. The van der Waals surface area contributed by atoms with Crippen LogP contribution < -0.4 is 5.32 Å². The molecule has 1 N–H and O–H groups in total. The van der Waals surface area contributed by atoms with Gasteiger partial charge in [-0.15, -0.1) is 0 Å². The number of unbranched alkanes of at least 4 members (excludes halogenated alkanes) is 2.